The lowest BCUT2D eigenvalue weighted by Gasteiger charge is -2.10. The van der Waals surface area contributed by atoms with E-state index < -0.39 is 16.0 Å². The van der Waals surface area contributed by atoms with E-state index in [2.05, 4.69) is 25.0 Å². The highest BCUT2D eigenvalue weighted by Crippen LogP contribution is 2.26. The number of hydrogen-bond acceptors (Lipinski definition) is 11. The van der Waals surface area contributed by atoms with Crippen molar-refractivity contribution in [3.8, 4) is 5.75 Å². The van der Waals surface area contributed by atoms with Gasteiger partial charge in [-0.05, 0) is 37.1 Å². The van der Waals surface area contributed by atoms with Crippen LogP contribution in [0.3, 0.4) is 0 Å². The Balaban J connectivity index is 1.42. The zero-order chi connectivity index (χ0) is 22.7. The molecule has 1 saturated carbocycles. The minimum Gasteiger partial charge on any atom is -0.495 e. The largest absolute Gasteiger partial charge is 0.495 e. The lowest BCUT2D eigenvalue weighted by molar-refractivity contribution is 0.0419. The average molecular weight is 460 g/mol. The van der Waals surface area contributed by atoms with Gasteiger partial charge >= 0.3 is 5.97 Å². The van der Waals surface area contributed by atoms with Gasteiger partial charge in [-0.2, -0.15) is 15.0 Å². The number of benzene rings is 1. The van der Waals surface area contributed by atoms with Crippen molar-refractivity contribution in [3.05, 3.63) is 48.0 Å². The third kappa shape index (κ3) is 5.12. The Morgan fingerprint density at radius 1 is 1.19 bits per heavy atom. The van der Waals surface area contributed by atoms with Crippen molar-refractivity contribution in [2.24, 2.45) is 0 Å². The molecule has 4 rings (SSSR count). The average Bonchev–Trinajstić information content (AvgIpc) is 3.40. The van der Waals surface area contributed by atoms with Gasteiger partial charge in [0, 0.05) is 6.04 Å². The molecule has 1 aromatic carbocycles. The van der Waals surface area contributed by atoms with Crippen LogP contribution >= 0.6 is 0 Å². The molecule has 168 valence electrons. The summed E-state index contributed by atoms with van der Waals surface area (Å²) in [4.78, 5) is 24.4. The first kappa shape index (κ1) is 21.5. The van der Waals surface area contributed by atoms with Crippen LogP contribution in [-0.2, 0) is 21.4 Å². The van der Waals surface area contributed by atoms with Crippen molar-refractivity contribution in [1.29, 1.82) is 0 Å². The zero-order valence-electron chi connectivity index (χ0n) is 16.9. The van der Waals surface area contributed by atoms with Gasteiger partial charge < -0.3 is 24.9 Å². The number of nitrogens with two attached hydrogens (primary N) is 1. The molecule has 3 aromatic rings. The van der Waals surface area contributed by atoms with E-state index in [-0.39, 0.29) is 41.2 Å². The Morgan fingerprint density at radius 3 is 2.72 bits per heavy atom. The number of hydrogen-bond donors (Lipinski definition) is 3. The molecule has 0 saturated heterocycles. The third-order valence-corrected chi connectivity index (χ3v) is 5.72. The fourth-order valence-electron chi connectivity index (χ4n) is 2.68. The quantitative estimate of drug-likeness (QED) is 0.396. The number of rotatable bonds is 9. The number of carbonyl (C=O) groups is 1. The first-order chi connectivity index (χ1) is 15.3. The summed E-state index contributed by atoms with van der Waals surface area (Å²) in [6, 6.07) is 9.46. The molecular formula is C19H20N6O6S. The van der Waals surface area contributed by atoms with Gasteiger partial charge in [0.1, 0.15) is 5.75 Å². The van der Waals surface area contributed by atoms with E-state index in [4.69, 9.17) is 19.6 Å². The molecule has 0 amide bonds. The number of sulfonamides is 1. The molecule has 1 fully saturated rings. The first-order valence-electron chi connectivity index (χ1n) is 9.54. The van der Waals surface area contributed by atoms with E-state index in [9.17, 15) is 13.2 Å². The molecule has 0 atom stereocenters. The van der Waals surface area contributed by atoms with Gasteiger partial charge in [-0.15, -0.1) is 0 Å². The van der Waals surface area contributed by atoms with E-state index in [1.807, 2.05) is 6.07 Å². The van der Waals surface area contributed by atoms with Crippen LogP contribution in [0.4, 0.5) is 17.6 Å². The number of aromatic nitrogens is 3. The molecule has 2 aromatic heterocycles. The maximum atomic E-state index is 12.3. The van der Waals surface area contributed by atoms with E-state index in [1.165, 1.54) is 19.2 Å². The summed E-state index contributed by atoms with van der Waals surface area (Å²) in [5.74, 6) is -0.449. The molecule has 1 aliphatic rings. The Morgan fingerprint density at radius 2 is 1.97 bits per heavy atom. The lowest BCUT2D eigenvalue weighted by Crippen LogP contribution is -2.25. The van der Waals surface area contributed by atoms with Crippen LogP contribution < -0.4 is 20.5 Å². The van der Waals surface area contributed by atoms with Gasteiger partial charge in [-0.1, -0.05) is 12.1 Å². The van der Waals surface area contributed by atoms with Crippen molar-refractivity contribution in [2.75, 3.05) is 18.2 Å². The summed E-state index contributed by atoms with van der Waals surface area (Å²) in [7, 11) is -2.29. The van der Waals surface area contributed by atoms with Gasteiger partial charge in [0.05, 0.1) is 12.8 Å². The number of nitrogen functional groups attached to an aromatic ring is 1. The second kappa shape index (κ2) is 8.80. The number of nitrogens with zero attached hydrogens (tertiary/aromatic N) is 3. The molecule has 0 spiro atoms. The number of furan rings is 1. The molecule has 32 heavy (non-hydrogen) atoms. The standard InChI is InChI=1S/C19H20N6O6S/c1-29-13-5-3-2-4-12(13)21-19-23-15(22-18(20)24-19)10-30-17(26)14-8-9-16(31-14)32(27,28)25-11-6-7-11/h2-5,8-9,11,25H,6-7,10H2,1H3,(H3,20,21,22,23,24). The van der Waals surface area contributed by atoms with Crippen molar-refractivity contribution < 1.29 is 27.1 Å². The van der Waals surface area contributed by atoms with Crippen LogP contribution in [0, 0.1) is 0 Å². The second-order valence-corrected chi connectivity index (χ2v) is 8.49. The monoisotopic (exact) mass is 460 g/mol. The zero-order valence-corrected chi connectivity index (χ0v) is 17.8. The minimum absolute atomic E-state index is 0.0815. The molecule has 13 heteroatoms. The summed E-state index contributed by atoms with van der Waals surface area (Å²) in [6.07, 6.45) is 1.55. The van der Waals surface area contributed by atoms with E-state index in [0.29, 0.717) is 11.4 Å². The summed E-state index contributed by atoms with van der Waals surface area (Å²) in [5.41, 5.74) is 6.34. The van der Waals surface area contributed by atoms with Gasteiger partial charge in [0.2, 0.25) is 22.7 Å². The first-order valence-corrected chi connectivity index (χ1v) is 11.0. The number of carbonyl (C=O) groups excluding carboxylic acids is 1. The Bertz CT molecular complexity index is 1240. The van der Waals surface area contributed by atoms with E-state index in [0.717, 1.165) is 12.8 Å². The number of anilines is 3. The topological polar surface area (TPSA) is 172 Å². The normalized spacial score (nSPS) is 13.5. The molecule has 0 radical (unpaired) electrons. The van der Waals surface area contributed by atoms with Crippen LogP contribution in [-0.4, -0.2) is 42.5 Å². The highest BCUT2D eigenvalue weighted by molar-refractivity contribution is 7.89. The molecular weight excluding hydrogens is 440 g/mol. The van der Waals surface area contributed by atoms with Crippen molar-refractivity contribution in [1.82, 2.24) is 19.7 Å². The molecule has 4 N–H and O–H groups in total. The number of ether oxygens (including phenoxy) is 2. The van der Waals surface area contributed by atoms with Crippen LogP contribution in [0.5, 0.6) is 5.75 Å². The Kier molecular flexibility index (Phi) is 5.92. The summed E-state index contributed by atoms with van der Waals surface area (Å²) < 4.78 is 42.3. The summed E-state index contributed by atoms with van der Waals surface area (Å²) in [6.45, 7) is -0.338. The smallest absolute Gasteiger partial charge is 0.374 e. The van der Waals surface area contributed by atoms with E-state index >= 15 is 0 Å². The van der Waals surface area contributed by atoms with Crippen LogP contribution in [0.25, 0.3) is 0 Å². The number of para-hydroxylation sites is 2. The highest BCUT2D eigenvalue weighted by Gasteiger charge is 2.30. The highest BCUT2D eigenvalue weighted by atomic mass is 32.2. The molecule has 0 aliphatic heterocycles. The summed E-state index contributed by atoms with van der Waals surface area (Å²) >= 11 is 0. The van der Waals surface area contributed by atoms with Gasteiger partial charge in [0.15, 0.2) is 12.4 Å². The van der Waals surface area contributed by atoms with Crippen molar-refractivity contribution >= 4 is 33.6 Å². The SMILES string of the molecule is COc1ccccc1Nc1nc(N)nc(COC(=O)c2ccc(S(=O)(=O)NC3CC3)o2)n1. The maximum absolute atomic E-state index is 12.3. The third-order valence-electron chi connectivity index (χ3n) is 4.33. The molecule has 0 bridgehead atoms. The van der Waals surface area contributed by atoms with Crippen LogP contribution in [0.15, 0.2) is 45.9 Å². The maximum Gasteiger partial charge on any atom is 0.374 e. The molecule has 1 aliphatic carbocycles. The predicted molar refractivity (Wildman–Crippen MR) is 112 cm³/mol. The molecule has 0 unspecified atom stereocenters. The van der Waals surface area contributed by atoms with Crippen LogP contribution in [0.1, 0.15) is 29.2 Å². The van der Waals surface area contributed by atoms with Gasteiger partial charge in [0.25, 0.3) is 10.0 Å². The fourth-order valence-corrected chi connectivity index (χ4v) is 3.92. The van der Waals surface area contributed by atoms with Crippen molar-refractivity contribution in [3.63, 3.8) is 0 Å². The van der Waals surface area contributed by atoms with Gasteiger partial charge in [-0.25, -0.2) is 17.9 Å². The van der Waals surface area contributed by atoms with Crippen LogP contribution in [0.2, 0.25) is 0 Å². The van der Waals surface area contributed by atoms with Crippen molar-refractivity contribution in [2.45, 2.75) is 30.6 Å². The second-order valence-electron chi connectivity index (χ2n) is 6.85. The number of esters is 1. The lowest BCUT2D eigenvalue weighted by atomic mass is 10.3. The van der Waals surface area contributed by atoms with Gasteiger partial charge in [-0.3, -0.25) is 0 Å². The Labute approximate surface area is 183 Å². The fraction of sp³-hybridized carbons (Fsp3) is 0.263. The number of nitrogens with one attached hydrogen (secondary N) is 2. The molecule has 12 nitrogen and oxygen atoms in total. The minimum atomic E-state index is -3.82. The predicted octanol–water partition coefficient (Wildman–Crippen LogP) is 1.60. The summed E-state index contributed by atoms with van der Waals surface area (Å²) in [5, 5.41) is 2.61. The number of methoxy groups -OCH3 is 1. The van der Waals surface area contributed by atoms with E-state index in [1.54, 1.807) is 18.2 Å². The Hall–Kier alpha value is -3.71. The molecule has 2 heterocycles.